The van der Waals surface area contributed by atoms with Gasteiger partial charge in [0.05, 0.1) is 0 Å². The first-order valence-electron chi connectivity index (χ1n) is 7.26. The van der Waals surface area contributed by atoms with Crippen LogP contribution in [0.25, 0.3) is 0 Å². The molecular formula is C16H22Cl2O4. The summed E-state index contributed by atoms with van der Waals surface area (Å²) in [7, 11) is 0. The van der Waals surface area contributed by atoms with Crippen LogP contribution >= 0.6 is 23.2 Å². The Labute approximate surface area is 141 Å². The molecule has 124 valence electrons. The maximum Gasteiger partial charge on any atom is 0.337 e. The smallest absolute Gasteiger partial charge is 0.337 e. The van der Waals surface area contributed by atoms with Crippen LogP contribution in [0, 0.1) is 0 Å². The Balaban J connectivity index is 4.66. The Hall–Kier alpha value is -1.26. The molecule has 0 radical (unpaired) electrons. The average Bonchev–Trinajstić information content (AvgIpc) is 2.47. The summed E-state index contributed by atoms with van der Waals surface area (Å²) in [5.41, 5.74) is 1.65. The van der Waals surface area contributed by atoms with Crippen LogP contribution in [0.5, 0.6) is 0 Å². The summed E-state index contributed by atoms with van der Waals surface area (Å²) < 4.78 is 9.81. The molecule has 0 rings (SSSR count). The van der Waals surface area contributed by atoms with Gasteiger partial charge in [-0.1, -0.05) is 27.7 Å². The number of ether oxygens (including phenoxy) is 2. The summed E-state index contributed by atoms with van der Waals surface area (Å²) in [6, 6.07) is 0. The topological polar surface area (TPSA) is 52.6 Å². The molecule has 0 saturated carbocycles. The molecule has 0 heterocycles. The standard InChI is InChI=1S/C16H22Cl2O4/c1-5-11(6-2)15(17)21-13(19)9-10-14(20)22-16(18)12(7-3)8-4/h9-10H,5-8H2,1-4H3/b10-9+. The zero-order valence-corrected chi connectivity index (χ0v) is 14.9. The van der Waals surface area contributed by atoms with E-state index in [9.17, 15) is 9.59 Å². The van der Waals surface area contributed by atoms with Crippen LogP contribution in [0.15, 0.2) is 33.7 Å². The number of hydrogen-bond acceptors (Lipinski definition) is 4. The fourth-order valence-electron chi connectivity index (χ4n) is 1.58. The first-order valence-corrected chi connectivity index (χ1v) is 8.01. The summed E-state index contributed by atoms with van der Waals surface area (Å²) in [5.74, 6) is -1.49. The van der Waals surface area contributed by atoms with E-state index < -0.39 is 11.9 Å². The van der Waals surface area contributed by atoms with Gasteiger partial charge in [0.15, 0.2) is 10.4 Å². The SMILES string of the molecule is CCC(CC)=C(Cl)OC(=O)/C=C/C(=O)OC(Cl)=C(CC)CC. The van der Waals surface area contributed by atoms with Crippen LogP contribution in [0.3, 0.4) is 0 Å². The molecule has 0 amide bonds. The van der Waals surface area contributed by atoms with Crippen molar-refractivity contribution in [2.75, 3.05) is 0 Å². The van der Waals surface area contributed by atoms with Gasteiger partial charge in [-0.25, -0.2) is 9.59 Å². The third kappa shape index (κ3) is 7.66. The molecule has 4 nitrogen and oxygen atoms in total. The van der Waals surface area contributed by atoms with E-state index in [0.29, 0.717) is 25.7 Å². The molecule has 0 aliphatic heterocycles. The van der Waals surface area contributed by atoms with Crippen molar-refractivity contribution in [3.8, 4) is 0 Å². The van der Waals surface area contributed by atoms with Gasteiger partial charge >= 0.3 is 11.9 Å². The van der Waals surface area contributed by atoms with Gasteiger partial charge in [-0.05, 0) is 60.0 Å². The highest BCUT2D eigenvalue weighted by atomic mass is 35.5. The van der Waals surface area contributed by atoms with Crippen molar-refractivity contribution < 1.29 is 19.1 Å². The molecule has 0 bridgehead atoms. The van der Waals surface area contributed by atoms with Crippen LogP contribution in [0.4, 0.5) is 0 Å². The van der Waals surface area contributed by atoms with Gasteiger partial charge in [0.1, 0.15) is 0 Å². The first kappa shape index (κ1) is 20.7. The number of esters is 2. The van der Waals surface area contributed by atoms with Crippen LogP contribution < -0.4 is 0 Å². The van der Waals surface area contributed by atoms with Crippen molar-refractivity contribution in [1.29, 1.82) is 0 Å². The lowest BCUT2D eigenvalue weighted by Crippen LogP contribution is -2.04. The van der Waals surface area contributed by atoms with E-state index in [1.54, 1.807) is 0 Å². The van der Waals surface area contributed by atoms with Crippen molar-refractivity contribution in [3.05, 3.63) is 33.7 Å². The Kier molecular flexibility index (Phi) is 10.7. The highest BCUT2D eigenvalue weighted by Crippen LogP contribution is 2.19. The minimum atomic E-state index is -0.743. The van der Waals surface area contributed by atoms with E-state index in [0.717, 1.165) is 23.3 Å². The van der Waals surface area contributed by atoms with Gasteiger partial charge in [-0.2, -0.15) is 0 Å². The molecule has 0 aromatic carbocycles. The maximum absolute atomic E-state index is 11.5. The van der Waals surface area contributed by atoms with Crippen molar-refractivity contribution in [2.45, 2.75) is 53.4 Å². The minimum absolute atomic E-state index is 0.0465. The molecule has 0 spiro atoms. The molecule has 0 aliphatic rings. The van der Waals surface area contributed by atoms with Crippen LogP contribution in [0.1, 0.15) is 53.4 Å². The van der Waals surface area contributed by atoms with Gasteiger partial charge < -0.3 is 9.47 Å². The lowest BCUT2D eigenvalue weighted by atomic mass is 10.2. The van der Waals surface area contributed by atoms with Gasteiger partial charge in [0, 0.05) is 12.2 Å². The second-order valence-corrected chi connectivity index (χ2v) is 5.03. The zero-order chi connectivity index (χ0) is 17.1. The zero-order valence-electron chi connectivity index (χ0n) is 13.4. The van der Waals surface area contributed by atoms with Crippen LogP contribution in [0.2, 0.25) is 0 Å². The first-order chi connectivity index (χ1) is 10.4. The fraction of sp³-hybridized carbons (Fsp3) is 0.500. The molecule has 0 aliphatic carbocycles. The third-order valence-electron chi connectivity index (χ3n) is 3.00. The van der Waals surface area contributed by atoms with E-state index in [1.807, 2.05) is 27.7 Å². The van der Waals surface area contributed by atoms with Crippen molar-refractivity contribution in [1.82, 2.24) is 0 Å². The molecular weight excluding hydrogens is 327 g/mol. The van der Waals surface area contributed by atoms with Crippen molar-refractivity contribution in [2.24, 2.45) is 0 Å². The molecule has 6 heteroatoms. The van der Waals surface area contributed by atoms with Crippen LogP contribution in [-0.2, 0) is 19.1 Å². The van der Waals surface area contributed by atoms with Crippen molar-refractivity contribution >= 4 is 35.1 Å². The Morgan fingerprint density at radius 1 is 0.727 bits per heavy atom. The average molecular weight is 349 g/mol. The summed E-state index contributed by atoms with van der Waals surface area (Å²) in [6.45, 7) is 7.65. The molecule has 0 aromatic heterocycles. The normalized spacial score (nSPS) is 10.3. The number of carbonyl (C=O) groups excluding carboxylic acids is 2. The van der Waals surface area contributed by atoms with Gasteiger partial charge in [0.2, 0.25) is 0 Å². The Morgan fingerprint density at radius 2 is 1.00 bits per heavy atom. The monoisotopic (exact) mass is 348 g/mol. The van der Waals surface area contributed by atoms with E-state index in [4.69, 9.17) is 32.7 Å². The van der Waals surface area contributed by atoms with E-state index >= 15 is 0 Å². The predicted octanol–water partition coefficient (Wildman–Crippen LogP) is 5.17. The summed E-state index contributed by atoms with van der Waals surface area (Å²) >= 11 is 11.8. The van der Waals surface area contributed by atoms with Gasteiger partial charge in [0.25, 0.3) is 0 Å². The lowest BCUT2D eigenvalue weighted by Gasteiger charge is -2.06. The highest BCUT2D eigenvalue weighted by Gasteiger charge is 2.09. The minimum Gasteiger partial charge on any atom is -0.411 e. The number of rotatable bonds is 8. The quantitative estimate of drug-likeness (QED) is 0.345. The van der Waals surface area contributed by atoms with Crippen LogP contribution in [-0.4, -0.2) is 11.9 Å². The molecule has 0 unspecified atom stereocenters. The largest absolute Gasteiger partial charge is 0.411 e. The van der Waals surface area contributed by atoms with Gasteiger partial charge in [-0.3, -0.25) is 0 Å². The molecule has 22 heavy (non-hydrogen) atoms. The van der Waals surface area contributed by atoms with Gasteiger partial charge in [-0.15, -0.1) is 0 Å². The number of halogens is 2. The van der Waals surface area contributed by atoms with Crippen molar-refractivity contribution in [3.63, 3.8) is 0 Å². The molecule has 0 N–H and O–H groups in total. The number of allylic oxidation sites excluding steroid dienone is 2. The fourth-order valence-corrected chi connectivity index (χ4v) is 2.27. The highest BCUT2D eigenvalue weighted by molar-refractivity contribution is 6.29. The van der Waals surface area contributed by atoms with E-state index in [2.05, 4.69) is 0 Å². The summed E-state index contributed by atoms with van der Waals surface area (Å²) in [5, 5.41) is 0.0930. The Bertz CT molecular complexity index is 434. The summed E-state index contributed by atoms with van der Waals surface area (Å²) in [4.78, 5) is 23.1. The second kappa shape index (κ2) is 11.3. The molecule has 0 saturated heterocycles. The van der Waals surface area contributed by atoms with E-state index in [-0.39, 0.29) is 10.4 Å². The second-order valence-electron chi connectivity index (χ2n) is 4.34. The molecule has 0 aromatic rings. The molecule has 0 fully saturated rings. The lowest BCUT2D eigenvalue weighted by molar-refractivity contribution is -0.135. The third-order valence-corrected chi connectivity index (χ3v) is 3.69. The maximum atomic E-state index is 11.5. The number of carbonyl (C=O) groups is 2. The predicted molar refractivity (Wildman–Crippen MR) is 88.2 cm³/mol. The summed E-state index contributed by atoms with van der Waals surface area (Å²) in [6.07, 6.45) is 4.65. The van der Waals surface area contributed by atoms with E-state index in [1.165, 1.54) is 0 Å². The Morgan fingerprint density at radius 3 is 1.23 bits per heavy atom. The molecule has 0 atom stereocenters. The number of hydrogen-bond donors (Lipinski definition) is 0.